The van der Waals surface area contributed by atoms with E-state index in [1.807, 2.05) is 41.3 Å². The molecule has 3 aromatic carbocycles. The zero-order valence-corrected chi connectivity index (χ0v) is 18.1. The van der Waals surface area contributed by atoms with Gasteiger partial charge >= 0.3 is 0 Å². The number of amides is 1. The highest BCUT2D eigenvalue weighted by Crippen LogP contribution is 2.38. The molecule has 1 saturated heterocycles. The third-order valence-electron chi connectivity index (χ3n) is 6.00. The molecule has 0 bridgehead atoms. The molecule has 0 N–H and O–H groups in total. The van der Waals surface area contributed by atoms with Gasteiger partial charge in [-0.05, 0) is 35.2 Å². The van der Waals surface area contributed by atoms with Crippen molar-refractivity contribution in [2.45, 2.75) is 24.6 Å². The molecule has 5 nitrogen and oxygen atoms in total. The van der Waals surface area contributed by atoms with E-state index in [2.05, 4.69) is 24.3 Å². The Bertz CT molecular complexity index is 1400. The highest BCUT2D eigenvalue weighted by Gasteiger charge is 2.35. The van der Waals surface area contributed by atoms with Gasteiger partial charge in [-0.15, -0.1) is 0 Å². The smallest absolute Gasteiger partial charge is 0.290 e. The van der Waals surface area contributed by atoms with Gasteiger partial charge in [0.2, 0.25) is 0 Å². The van der Waals surface area contributed by atoms with Gasteiger partial charge in [-0.2, -0.15) is 0 Å². The first kappa shape index (κ1) is 19.8. The van der Waals surface area contributed by atoms with Crippen LogP contribution in [-0.2, 0) is 15.6 Å². The molecule has 0 aliphatic carbocycles. The van der Waals surface area contributed by atoms with Crippen LogP contribution in [0.2, 0.25) is 0 Å². The monoisotopic (exact) mass is 433 g/mol. The number of carbonyl (C=O) groups excluding carboxylic acids is 1. The largest absolute Gasteiger partial charge is 0.451 e. The van der Waals surface area contributed by atoms with Gasteiger partial charge in [0, 0.05) is 23.8 Å². The predicted molar refractivity (Wildman–Crippen MR) is 122 cm³/mol. The van der Waals surface area contributed by atoms with Crippen molar-refractivity contribution in [3.05, 3.63) is 83.6 Å². The second-order valence-electron chi connectivity index (χ2n) is 8.20. The summed E-state index contributed by atoms with van der Waals surface area (Å²) >= 11 is 0. The summed E-state index contributed by atoms with van der Waals surface area (Å²) in [7, 11) is -3.34. The summed E-state index contributed by atoms with van der Waals surface area (Å²) in [6, 6.07) is 21.5. The van der Waals surface area contributed by atoms with Gasteiger partial charge in [-0.25, -0.2) is 8.42 Å². The van der Waals surface area contributed by atoms with Gasteiger partial charge in [0.1, 0.15) is 5.58 Å². The molecule has 2 heterocycles. The molecule has 4 aromatic rings. The lowest BCUT2D eigenvalue weighted by molar-refractivity contribution is 0.0705. The number of benzene rings is 3. The Balaban J connectivity index is 1.60. The molecule has 5 rings (SSSR count). The summed E-state index contributed by atoms with van der Waals surface area (Å²) in [6.07, 6.45) is 2.93. The number of furan rings is 1. The number of carbonyl (C=O) groups is 1. The fraction of sp³-hybridized carbons (Fsp3) is 0.240. The standard InChI is InChI=1S/C25H23NO4S/c1-31(28,29)16-21-20-11-4-5-14-23(20)30-24(21)25(27)26-15-7-13-22(26)19-12-6-9-17-8-2-3-10-18(17)19/h2-6,8-12,14,22H,7,13,15-16H2,1H3. The number of hydrogen-bond donors (Lipinski definition) is 0. The molecule has 31 heavy (non-hydrogen) atoms. The molecular formula is C25H23NO4S. The molecular weight excluding hydrogens is 410 g/mol. The van der Waals surface area contributed by atoms with Crippen LogP contribution in [0.25, 0.3) is 21.7 Å². The zero-order valence-electron chi connectivity index (χ0n) is 17.2. The lowest BCUT2D eigenvalue weighted by Crippen LogP contribution is -2.31. The van der Waals surface area contributed by atoms with Crippen LogP contribution in [0.4, 0.5) is 0 Å². The minimum absolute atomic E-state index is 0.0714. The first-order valence-electron chi connectivity index (χ1n) is 10.4. The molecule has 6 heteroatoms. The van der Waals surface area contributed by atoms with Crippen molar-refractivity contribution < 1.29 is 17.6 Å². The van der Waals surface area contributed by atoms with Crippen molar-refractivity contribution in [3.8, 4) is 0 Å². The zero-order chi connectivity index (χ0) is 21.6. The summed E-state index contributed by atoms with van der Waals surface area (Å²) in [4.78, 5) is 15.5. The van der Waals surface area contributed by atoms with Crippen LogP contribution in [0.3, 0.4) is 0 Å². The number of rotatable bonds is 4. The Kier molecular flexibility index (Phi) is 4.82. The highest BCUT2D eigenvalue weighted by molar-refractivity contribution is 7.89. The van der Waals surface area contributed by atoms with Crippen LogP contribution >= 0.6 is 0 Å². The molecule has 0 saturated carbocycles. The SMILES string of the molecule is CS(=O)(=O)Cc1c(C(=O)N2CCCC2c2cccc3ccccc23)oc2ccccc12. The number of nitrogens with zero attached hydrogens (tertiary/aromatic N) is 1. The molecule has 158 valence electrons. The minimum Gasteiger partial charge on any atom is -0.451 e. The lowest BCUT2D eigenvalue weighted by atomic mass is 9.97. The van der Waals surface area contributed by atoms with Crippen LogP contribution in [0.5, 0.6) is 0 Å². The first-order chi connectivity index (χ1) is 14.9. The summed E-state index contributed by atoms with van der Waals surface area (Å²) < 4.78 is 30.1. The van der Waals surface area contributed by atoms with Crippen molar-refractivity contribution in [2.24, 2.45) is 0 Å². The summed E-state index contributed by atoms with van der Waals surface area (Å²) in [5.41, 5.74) is 2.10. The molecule has 1 unspecified atom stereocenters. The fourth-order valence-corrected chi connectivity index (χ4v) is 5.49. The Morgan fingerprint density at radius 1 is 1.00 bits per heavy atom. The number of para-hydroxylation sites is 1. The number of likely N-dealkylation sites (tertiary alicyclic amines) is 1. The van der Waals surface area contributed by atoms with E-state index in [9.17, 15) is 13.2 Å². The van der Waals surface area contributed by atoms with Gasteiger partial charge in [0.25, 0.3) is 5.91 Å². The average Bonchev–Trinajstić information content (AvgIpc) is 3.37. The van der Waals surface area contributed by atoms with E-state index in [4.69, 9.17) is 4.42 Å². The van der Waals surface area contributed by atoms with E-state index in [-0.39, 0.29) is 23.5 Å². The third kappa shape index (κ3) is 3.61. The van der Waals surface area contributed by atoms with E-state index in [1.165, 1.54) is 6.26 Å². The molecule has 0 spiro atoms. The summed E-state index contributed by atoms with van der Waals surface area (Å²) in [6.45, 7) is 0.613. The molecule has 1 aliphatic rings. The first-order valence-corrected chi connectivity index (χ1v) is 12.5. The Morgan fingerprint density at radius 2 is 1.71 bits per heavy atom. The third-order valence-corrected chi connectivity index (χ3v) is 6.81. The van der Waals surface area contributed by atoms with Crippen molar-refractivity contribution in [1.82, 2.24) is 4.90 Å². The van der Waals surface area contributed by atoms with Gasteiger partial charge in [0.15, 0.2) is 15.6 Å². The van der Waals surface area contributed by atoms with Crippen molar-refractivity contribution >= 4 is 37.5 Å². The Morgan fingerprint density at radius 3 is 2.52 bits per heavy atom. The maximum atomic E-state index is 13.7. The quantitative estimate of drug-likeness (QED) is 0.449. The van der Waals surface area contributed by atoms with Crippen molar-refractivity contribution in [2.75, 3.05) is 12.8 Å². The normalized spacial score (nSPS) is 16.9. The number of fused-ring (bicyclic) bond motifs is 2. The molecule has 1 amide bonds. The summed E-state index contributed by atoms with van der Waals surface area (Å²) in [5, 5.41) is 2.95. The average molecular weight is 434 g/mol. The van der Waals surface area contributed by atoms with E-state index in [0.29, 0.717) is 23.1 Å². The predicted octanol–water partition coefficient (Wildman–Crippen LogP) is 5.11. The summed E-state index contributed by atoms with van der Waals surface area (Å²) in [5.74, 6) is -0.332. The minimum atomic E-state index is -3.34. The van der Waals surface area contributed by atoms with E-state index < -0.39 is 9.84 Å². The van der Waals surface area contributed by atoms with Crippen molar-refractivity contribution in [3.63, 3.8) is 0 Å². The van der Waals surface area contributed by atoms with Crippen molar-refractivity contribution in [1.29, 1.82) is 0 Å². The lowest BCUT2D eigenvalue weighted by Gasteiger charge is -2.25. The Hall–Kier alpha value is -3.12. The Labute approximate surface area is 181 Å². The van der Waals surface area contributed by atoms with Gasteiger partial charge in [0.05, 0.1) is 11.8 Å². The van der Waals surface area contributed by atoms with Crippen LogP contribution in [0.1, 0.15) is 40.6 Å². The van der Waals surface area contributed by atoms with Crippen LogP contribution in [0, 0.1) is 0 Å². The molecule has 1 aromatic heterocycles. The molecule has 1 aliphatic heterocycles. The molecule has 1 atom stereocenters. The molecule has 1 fully saturated rings. The maximum absolute atomic E-state index is 13.7. The van der Waals surface area contributed by atoms with Crippen LogP contribution < -0.4 is 0 Å². The number of sulfone groups is 1. The van der Waals surface area contributed by atoms with Crippen LogP contribution in [0.15, 0.2) is 71.1 Å². The van der Waals surface area contributed by atoms with E-state index in [0.717, 1.165) is 29.2 Å². The maximum Gasteiger partial charge on any atom is 0.290 e. The van der Waals surface area contributed by atoms with Gasteiger partial charge in [-0.3, -0.25) is 4.79 Å². The number of hydrogen-bond acceptors (Lipinski definition) is 4. The van der Waals surface area contributed by atoms with Crippen LogP contribution in [-0.4, -0.2) is 32.0 Å². The van der Waals surface area contributed by atoms with Gasteiger partial charge in [-0.1, -0.05) is 60.7 Å². The van der Waals surface area contributed by atoms with E-state index in [1.54, 1.807) is 6.07 Å². The fourth-order valence-electron chi connectivity index (χ4n) is 4.68. The highest BCUT2D eigenvalue weighted by atomic mass is 32.2. The molecule has 0 radical (unpaired) electrons. The van der Waals surface area contributed by atoms with E-state index >= 15 is 0 Å². The topological polar surface area (TPSA) is 67.6 Å². The second kappa shape index (κ2) is 7.54. The second-order valence-corrected chi connectivity index (χ2v) is 10.3. The van der Waals surface area contributed by atoms with Gasteiger partial charge < -0.3 is 9.32 Å².